The number of imide groups is 1. The van der Waals surface area contributed by atoms with Crippen LogP contribution >= 0.6 is 0 Å². The molecule has 0 spiro atoms. The summed E-state index contributed by atoms with van der Waals surface area (Å²) in [6.45, 7) is 1.80. The number of benzene rings is 3. The van der Waals surface area contributed by atoms with E-state index >= 15 is 0 Å². The number of hydrogen-bond acceptors (Lipinski definition) is 4. The van der Waals surface area contributed by atoms with E-state index in [4.69, 9.17) is 0 Å². The summed E-state index contributed by atoms with van der Waals surface area (Å²) >= 11 is 0. The fraction of sp³-hybridized carbons (Fsp3) is 0.130. The number of fused-ring (bicyclic) bond motifs is 1. The van der Waals surface area contributed by atoms with Gasteiger partial charge in [0.1, 0.15) is 0 Å². The van der Waals surface area contributed by atoms with E-state index in [1.807, 2.05) is 0 Å². The maximum absolute atomic E-state index is 13.4. The molecule has 0 radical (unpaired) electrons. The molecule has 0 saturated carbocycles. The summed E-state index contributed by atoms with van der Waals surface area (Å²) in [5, 5.41) is 10.6. The molecule has 2 heterocycles. The molecule has 4 aromatic rings. The minimum atomic E-state index is -0.482. The summed E-state index contributed by atoms with van der Waals surface area (Å²) < 4.78 is 3.01. The van der Waals surface area contributed by atoms with Crippen molar-refractivity contribution in [2.75, 3.05) is 4.90 Å². The number of carbonyl (C=O) groups excluding carboxylic acids is 2. The molecule has 0 atom stereocenters. The lowest BCUT2D eigenvalue weighted by Crippen LogP contribution is -2.41. The molecule has 5 rings (SSSR count). The average molecular weight is 396 g/mol. The van der Waals surface area contributed by atoms with E-state index in [0.717, 1.165) is 10.4 Å². The predicted molar refractivity (Wildman–Crippen MR) is 113 cm³/mol. The van der Waals surface area contributed by atoms with Crippen molar-refractivity contribution >= 4 is 39.3 Å². The lowest BCUT2D eigenvalue weighted by molar-refractivity contribution is 0.0893. The van der Waals surface area contributed by atoms with Gasteiger partial charge in [-0.3, -0.25) is 18.7 Å². The van der Waals surface area contributed by atoms with Crippen LogP contribution in [0.3, 0.4) is 0 Å². The number of imidazole rings is 1. The number of nitriles is 1. The normalized spacial score (nSPS) is 13.3. The molecule has 3 aromatic carbocycles. The first-order valence-electron chi connectivity index (χ1n) is 9.35. The first-order chi connectivity index (χ1) is 14.3. The number of hydrogen-bond donors (Lipinski definition) is 0. The third kappa shape index (κ3) is 2.16. The molecular weight excluding hydrogens is 380 g/mol. The molecule has 0 aliphatic carbocycles. The number of anilines is 1. The first kappa shape index (κ1) is 17.9. The predicted octanol–water partition coefficient (Wildman–Crippen LogP) is 3.01. The van der Waals surface area contributed by atoms with Gasteiger partial charge in [0.2, 0.25) is 0 Å². The van der Waals surface area contributed by atoms with Crippen molar-refractivity contribution in [3.63, 3.8) is 0 Å². The molecule has 0 bridgehead atoms. The van der Waals surface area contributed by atoms with Gasteiger partial charge in [0, 0.05) is 25.0 Å². The third-order valence-electron chi connectivity index (χ3n) is 5.80. The summed E-state index contributed by atoms with van der Waals surface area (Å²) in [6.07, 6.45) is 0. The van der Waals surface area contributed by atoms with Crippen LogP contribution in [-0.2, 0) is 14.1 Å². The van der Waals surface area contributed by atoms with E-state index in [9.17, 15) is 19.6 Å². The first-order valence-corrected chi connectivity index (χ1v) is 9.35. The van der Waals surface area contributed by atoms with Crippen molar-refractivity contribution in [1.29, 1.82) is 5.26 Å². The number of aromatic nitrogens is 2. The maximum atomic E-state index is 13.4. The van der Waals surface area contributed by atoms with Crippen molar-refractivity contribution in [1.82, 2.24) is 9.13 Å². The second kappa shape index (κ2) is 5.91. The Bertz CT molecular complexity index is 1550. The zero-order valence-electron chi connectivity index (χ0n) is 16.6. The highest BCUT2D eigenvalue weighted by molar-refractivity contribution is 6.36. The Morgan fingerprint density at radius 2 is 1.53 bits per heavy atom. The van der Waals surface area contributed by atoms with Gasteiger partial charge in [0.25, 0.3) is 11.8 Å². The summed E-state index contributed by atoms with van der Waals surface area (Å²) in [5.74, 6) is -0.907. The van der Waals surface area contributed by atoms with Gasteiger partial charge in [-0.15, -0.1) is 0 Å². The minimum Gasteiger partial charge on any atom is -0.295 e. The van der Waals surface area contributed by atoms with Gasteiger partial charge in [0.15, 0.2) is 0 Å². The molecule has 0 saturated heterocycles. The van der Waals surface area contributed by atoms with Crippen LogP contribution in [0.5, 0.6) is 0 Å². The quantitative estimate of drug-likeness (QED) is 0.463. The van der Waals surface area contributed by atoms with Crippen LogP contribution in [0.1, 0.15) is 31.8 Å². The topological polar surface area (TPSA) is 88.1 Å². The summed E-state index contributed by atoms with van der Waals surface area (Å²) in [4.78, 5) is 40.3. The van der Waals surface area contributed by atoms with E-state index < -0.39 is 11.8 Å². The Kier molecular flexibility index (Phi) is 3.52. The Hall–Kier alpha value is -4.18. The van der Waals surface area contributed by atoms with Crippen molar-refractivity contribution in [3.05, 3.63) is 75.2 Å². The second-order valence-electron chi connectivity index (χ2n) is 7.51. The van der Waals surface area contributed by atoms with Crippen molar-refractivity contribution in [2.45, 2.75) is 6.92 Å². The van der Waals surface area contributed by atoms with Gasteiger partial charge in [-0.05, 0) is 48.2 Å². The molecule has 1 aliphatic rings. The second-order valence-corrected chi connectivity index (χ2v) is 7.51. The van der Waals surface area contributed by atoms with Gasteiger partial charge in [-0.1, -0.05) is 12.1 Å². The van der Waals surface area contributed by atoms with Crippen LogP contribution in [0.2, 0.25) is 0 Å². The highest BCUT2D eigenvalue weighted by Gasteiger charge is 2.35. The number of rotatable bonds is 1. The van der Waals surface area contributed by atoms with Gasteiger partial charge in [-0.2, -0.15) is 5.26 Å². The summed E-state index contributed by atoms with van der Waals surface area (Å²) in [5.41, 5.74) is 3.35. The monoisotopic (exact) mass is 396 g/mol. The molecule has 7 heteroatoms. The van der Waals surface area contributed by atoms with E-state index in [1.165, 1.54) is 15.2 Å². The highest BCUT2D eigenvalue weighted by atomic mass is 16.2. The lowest BCUT2D eigenvalue weighted by Gasteiger charge is -2.28. The number of carbonyl (C=O) groups is 2. The Labute approximate surface area is 171 Å². The zero-order chi connectivity index (χ0) is 21.3. The Balaban J connectivity index is 1.81. The maximum Gasteiger partial charge on any atom is 0.328 e. The molecule has 7 nitrogen and oxygen atoms in total. The largest absolute Gasteiger partial charge is 0.328 e. The molecule has 0 N–H and O–H groups in total. The average Bonchev–Trinajstić information content (AvgIpc) is 2.95. The van der Waals surface area contributed by atoms with Crippen LogP contribution in [0.4, 0.5) is 5.69 Å². The fourth-order valence-corrected chi connectivity index (χ4v) is 4.27. The molecule has 0 unspecified atom stereocenters. The summed E-state index contributed by atoms with van der Waals surface area (Å²) in [7, 11) is 3.33. The molecule has 2 amide bonds. The van der Waals surface area contributed by atoms with E-state index in [2.05, 4.69) is 6.07 Å². The Morgan fingerprint density at radius 3 is 2.23 bits per heavy atom. The van der Waals surface area contributed by atoms with Crippen LogP contribution < -0.4 is 10.6 Å². The molecule has 146 valence electrons. The minimum absolute atomic E-state index is 0.188. The van der Waals surface area contributed by atoms with Crippen LogP contribution in [0.25, 0.3) is 21.8 Å². The van der Waals surface area contributed by atoms with Gasteiger partial charge >= 0.3 is 5.69 Å². The number of aryl methyl sites for hydroxylation is 3. The number of amides is 2. The van der Waals surface area contributed by atoms with Crippen LogP contribution in [-0.4, -0.2) is 20.9 Å². The molecule has 0 fully saturated rings. The number of nitrogens with zero attached hydrogens (tertiary/aromatic N) is 4. The van der Waals surface area contributed by atoms with Crippen molar-refractivity contribution in [2.24, 2.45) is 14.1 Å². The fourth-order valence-electron chi connectivity index (χ4n) is 4.27. The van der Waals surface area contributed by atoms with E-state index in [1.54, 1.807) is 57.4 Å². The summed E-state index contributed by atoms with van der Waals surface area (Å²) in [6, 6.07) is 14.0. The highest BCUT2D eigenvalue weighted by Crippen LogP contribution is 2.36. The molecule has 1 aliphatic heterocycles. The van der Waals surface area contributed by atoms with E-state index in [-0.39, 0.29) is 5.69 Å². The molecular formula is C23H16N4O3. The molecule has 30 heavy (non-hydrogen) atoms. The smallest absolute Gasteiger partial charge is 0.295 e. The van der Waals surface area contributed by atoms with Gasteiger partial charge in [0.05, 0.1) is 33.9 Å². The Morgan fingerprint density at radius 1 is 0.867 bits per heavy atom. The standard InChI is InChI=1S/C23H16N4O3/c1-12-7-18-19(26(3)23(30)25(18)2)10-17(12)27-21(28)15-6-4-5-14-8-13(11-24)9-16(20(14)15)22(27)29/h4-10H,1-3H3. The van der Waals surface area contributed by atoms with Crippen molar-refractivity contribution < 1.29 is 9.59 Å². The van der Waals surface area contributed by atoms with E-state index in [0.29, 0.717) is 44.2 Å². The SMILES string of the molecule is Cc1cc2c(cc1N1C(=O)c3cccc4cc(C#N)cc(c34)C1=O)n(C)c(=O)n2C. The van der Waals surface area contributed by atoms with Crippen LogP contribution in [0, 0.1) is 18.3 Å². The zero-order valence-corrected chi connectivity index (χ0v) is 16.6. The van der Waals surface area contributed by atoms with Gasteiger partial charge < -0.3 is 0 Å². The lowest BCUT2D eigenvalue weighted by atomic mass is 9.91. The van der Waals surface area contributed by atoms with Crippen molar-refractivity contribution in [3.8, 4) is 6.07 Å². The third-order valence-corrected chi connectivity index (χ3v) is 5.80. The molecule has 1 aromatic heterocycles. The van der Waals surface area contributed by atoms with Gasteiger partial charge in [-0.25, -0.2) is 9.69 Å². The van der Waals surface area contributed by atoms with Crippen LogP contribution in [0.15, 0.2) is 47.3 Å².